The zero-order valence-corrected chi connectivity index (χ0v) is 16.1. The van der Waals surface area contributed by atoms with Gasteiger partial charge in [-0.1, -0.05) is 12.7 Å². The Morgan fingerprint density at radius 1 is 1.38 bits per heavy atom. The van der Waals surface area contributed by atoms with Crippen molar-refractivity contribution in [1.29, 1.82) is 5.26 Å². The summed E-state index contributed by atoms with van der Waals surface area (Å²) in [5.74, 6) is 1.16. The highest BCUT2D eigenvalue weighted by Gasteiger charge is 2.12. The van der Waals surface area contributed by atoms with Gasteiger partial charge in [-0.3, -0.25) is 10.1 Å². The summed E-state index contributed by atoms with van der Waals surface area (Å²) in [6.07, 6.45) is 3.34. The van der Waals surface area contributed by atoms with Gasteiger partial charge in [0.15, 0.2) is 11.5 Å². The topological polar surface area (TPSA) is 85.4 Å². The van der Waals surface area contributed by atoms with Crippen molar-refractivity contribution in [2.24, 2.45) is 0 Å². The Morgan fingerprint density at radius 2 is 2.08 bits per heavy atom. The van der Waals surface area contributed by atoms with Crippen LogP contribution < -0.4 is 9.47 Å². The number of hydrogen-bond donors (Lipinski definition) is 0. The Morgan fingerprint density at radius 3 is 2.62 bits per heavy atom. The van der Waals surface area contributed by atoms with Crippen LogP contribution in [0.1, 0.15) is 11.1 Å². The zero-order valence-electron chi connectivity index (χ0n) is 13.9. The van der Waals surface area contributed by atoms with Crippen molar-refractivity contribution in [3.8, 4) is 17.6 Å². The third-order valence-electron chi connectivity index (χ3n) is 3.42. The molecule has 0 fully saturated rings. The van der Waals surface area contributed by atoms with E-state index in [4.69, 9.17) is 9.47 Å². The number of benzene rings is 2. The van der Waals surface area contributed by atoms with Gasteiger partial charge >= 0.3 is 0 Å². The summed E-state index contributed by atoms with van der Waals surface area (Å²) in [6, 6.07) is 11.6. The fourth-order valence-corrected chi connectivity index (χ4v) is 3.00. The first-order valence-electron chi connectivity index (χ1n) is 7.48. The van der Waals surface area contributed by atoms with Crippen LogP contribution in [0.3, 0.4) is 0 Å². The van der Waals surface area contributed by atoms with E-state index in [1.165, 1.54) is 12.1 Å². The summed E-state index contributed by atoms with van der Waals surface area (Å²) in [6.45, 7) is 3.98. The highest BCUT2D eigenvalue weighted by Crippen LogP contribution is 2.35. The Bertz CT molecular complexity index is 899. The second kappa shape index (κ2) is 9.01. The van der Waals surface area contributed by atoms with Crippen molar-refractivity contribution in [3.63, 3.8) is 0 Å². The average molecular weight is 462 g/mol. The van der Waals surface area contributed by atoms with Gasteiger partial charge in [-0.15, -0.1) is 0 Å². The van der Waals surface area contributed by atoms with E-state index in [9.17, 15) is 15.4 Å². The smallest absolute Gasteiger partial charge is 0.269 e. The number of non-ortho nitro benzene ring substituents is 1. The number of nitro benzene ring substituents is 1. The standard InChI is InChI=1S/C19H15IN2O4/c1-3-8-26-19-17(20)10-13(11-18(19)25-2)9-15(12-21)14-4-6-16(7-5-14)22(23)24/h3-7,9-11H,1,8H2,2H3/b15-9+. The normalized spacial score (nSPS) is 10.7. The Kier molecular flexibility index (Phi) is 6.74. The molecule has 0 saturated carbocycles. The molecule has 0 unspecified atom stereocenters. The maximum Gasteiger partial charge on any atom is 0.269 e. The number of ether oxygens (including phenoxy) is 2. The lowest BCUT2D eigenvalue weighted by atomic mass is 10.0. The number of halogens is 1. The van der Waals surface area contributed by atoms with E-state index in [0.717, 1.165) is 9.13 Å². The Balaban J connectivity index is 2.42. The lowest BCUT2D eigenvalue weighted by molar-refractivity contribution is -0.384. The largest absolute Gasteiger partial charge is 0.493 e. The van der Waals surface area contributed by atoms with Gasteiger partial charge in [-0.25, -0.2) is 0 Å². The molecule has 2 aromatic carbocycles. The Labute approximate surface area is 164 Å². The first-order valence-corrected chi connectivity index (χ1v) is 8.56. The molecule has 0 aromatic heterocycles. The van der Waals surface area contributed by atoms with Crippen molar-refractivity contribution in [2.45, 2.75) is 0 Å². The first kappa shape index (κ1) is 19.5. The monoisotopic (exact) mass is 462 g/mol. The Hall–Kier alpha value is -2.86. The molecule has 0 amide bonds. The minimum Gasteiger partial charge on any atom is -0.493 e. The summed E-state index contributed by atoms with van der Waals surface area (Å²) >= 11 is 2.13. The molecular formula is C19H15IN2O4. The lowest BCUT2D eigenvalue weighted by Gasteiger charge is -2.12. The van der Waals surface area contributed by atoms with Crippen molar-refractivity contribution >= 4 is 39.9 Å². The number of nitriles is 1. The molecule has 0 aliphatic heterocycles. The van der Waals surface area contributed by atoms with Crippen LogP contribution in [-0.2, 0) is 0 Å². The second-order valence-corrected chi connectivity index (χ2v) is 6.27. The fourth-order valence-electron chi connectivity index (χ4n) is 2.21. The van der Waals surface area contributed by atoms with Gasteiger partial charge in [0, 0.05) is 12.1 Å². The quantitative estimate of drug-likeness (QED) is 0.147. The van der Waals surface area contributed by atoms with Crippen molar-refractivity contribution in [1.82, 2.24) is 0 Å². The molecule has 2 rings (SSSR count). The molecule has 2 aromatic rings. The predicted octanol–water partition coefficient (Wildman–Crippen LogP) is 4.84. The number of nitrogens with zero attached hydrogens (tertiary/aromatic N) is 2. The molecule has 7 heteroatoms. The molecule has 0 bridgehead atoms. The number of allylic oxidation sites excluding steroid dienone is 1. The van der Waals surface area contributed by atoms with Crippen LogP contribution in [-0.4, -0.2) is 18.6 Å². The van der Waals surface area contributed by atoms with E-state index < -0.39 is 4.92 Å². The molecule has 0 spiro atoms. The molecule has 0 aliphatic rings. The predicted molar refractivity (Wildman–Crippen MR) is 108 cm³/mol. The summed E-state index contributed by atoms with van der Waals surface area (Å²) in [4.78, 5) is 10.3. The molecule has 0 aliphatic carbocycles. The maximum atomic E-state index is 10.8. The molecule has 0 radical (unpaired) electrons. The number of methoxy groups -OCH3 is 1. The van der Waals surface area contributed by atoms with Crippen LogP contribution in [0.15, 0.2) is 49.1 Å². The summed E-state index contributed by atoms with van der Waals surface area (Å²) in [5.41, 5.74) is 1.72. The minimum absolute atomic E-state index is 0.0222. The SMILES string of the molecule is C=CCOc1c(I)cc(/C=C(\C#N)c2ccc([N+](=O)[O-])cc2)cc1OC. The van der Waals surface area contributed by atoms with Crippen LogP contribution in [0.2, 0.25) is 0 Å². The van der Waals surface area contributed by atoms with Crippen molar-refractivity contribution in [2.75, 3.05) is 13.7 Å². The van der Waals surface area contributed by atoms with Crippen molar-refractivity contribution in [3.05, 3.63) is 73.9 Å². The lowest BCUT2D eigenvalue weighted by Crippen LogP contribution is -1.99. The van der Waals surface area contributed by atoms with Gasteiger partial charge < -0.3 is 9.47 Å². The van der Waals surface area contributed by atoms with E-state index in [0.29, 0.717) is 29.2 Å². The van der Waals surface area contributed by atoms with Gasteiger partial charge in [0.05, 0.1) is 27.2 Å². The van der Waals surface area contributed by atoms with Crippen LogP contribution in [0, 0.1) is 25.0 Å². The summed E-state index contributed by atoms with van der Waals surface area (Å²) < 4.78 is 11.8. The van der Waals surface area contributed by atoms with Crippen LogP contribution in [0.4, 0.5) is 5.69 Å². The fraction of sp³-hybridized carbons (Fsp3) is 0.105. The van der Waals surface area contributed by atoms with E-state index in [2.05, 4.69) is 35.2 Å². The molecule has 0 N–H and O–H groups in total. The minimum atomic E-state index is -0.477. The van der Waals surface area contributed by atoms with E-state index in [1.54, 1.807) is 37.5 Å². The molecule has 0 saturated heterocycles. The van der Waals surface area contributed by atoms with Crippen LogP contribution >= 0.6 is 22.6 Å². The highest BCUT2D eigenvalue weighted by molar-refractivity contribution is 14.1. The second-order valence-electron chi connectivity index (χ2n) is 5.11. The van der Waals surface area contributed by atoms with E-state index >= 15 is 0 Å². The molecule has 132 valence electrons. The third-order valence-corrected chi connectivity index (χ3v) is 4.22. The van der Waals surface area contributed by atoms with Gasteiger partial charge in [0.1, 0.15) is 6.61 Å². The molecule has 26 heavy (non-hydrogen) atoms. The zero-order chi connectivity index (χ0) is 19.1. The molecular weight excluding hydrogens is 447 g/mol. The van der Waals surface area contributed by atoms with Gasteiger partial charge in [0.2, 0.25) is 0 Å². The number of rotatable bonds is 7. The van der Waals surface area contributed by atoms with E-state index in [-0.39, 0.29) is 5.69 Å². The van der Waals surface area contributed by atoms with Crippen LogP contribution in [0.25, 0.3) is 11.6 Å². The molecule has 0 atom stereocenters. The first-order chi connectivity index (χ1) is 12.5. The van der Waals surface area contributed by atoms with Gasteiger partial charge in [0.25, 0.3) is 5.69 Å². The molecule has 6 nitrogen and oxygen atoms in total. The van der Waals surface area contributed by atoms with Crippen LogP contribution in [0.5, 0.6) is 11.5 Å². The van der Waals surface area contributed by atoms with Gasteiger partial charge in [-0.05, 0) is 64.1 Å². The summed E-state index contributed by atoms with van der Waals surface area (Å²) in [7, 11) is 1.54. The molecule has 0 heterocycles. The highest BCUT2D eigenvalue weighted by atomic mass is 127. The average Bonchev–Trinajstić information content (AvgIpc) is 2.64. The third kappa shape index (κ3) is 4.61. The van der Waals surface area contributed by atoms with Gasteiger partial charge in [-0.2, -0.15) is 5.26 Å². The number of hydrogen-bond acceptors (Lipinski definition) is 5. The maximum absolute atomic E-state index is 10.8. The van der Waals surface area contributed by atoms with Crippen molar-refractivity contribution < 1.29 is 14.4 Å². The number of nitro groups is 1. The summed E-state index contributed by atoms with van der Waals surface area (Å²) in [5, 5.41) is 20.2. The van der Waals surface area contributed by atoms with E-state index in [1.807, 2.05) is 6.07 Å².